The molecule has 0 aliphatic rings. The number of ether oxygens (including phenoxy) is 2. The Balaban J connectivity index is 2.29. The van der Waals surface area contributed by atoms with Gasteiger partial charge in [0.25, 0.3) is 0 Å². The number of nitrogens with one attached hydrogen (secondary N) is 1. The van der Waals surface area contributed by atoms with Gasteiger partial charge in [0.15, 0.2) is 11.1 Å². The maximum atomic E-state index is 12.2. The van der Waals surface area contributed by atoms with Gasteiger partial charge >= 0.3 is 18.2 Å². The summed E-state index contributed by atoms with van der Waals surface area (Å²) in [7, 11) is 1.03. The van der Waals surface area contributed by atoms with E-state index in [0.29, 0.717) is 11.1 Å². The van der Waals surface area contributed by atoms with Crippen molar-refractivity contribution in [3.8, 4) is 22.6 Å². The van der Waals surface area contributed by atoms with Crippen LogP contribution in [0.15, 0.2) is 47.8 Å². The van der Waals surface area contributed by atoms with E-state index in [2.05, 4.69) is 25.0 Å². The molecular weight excluding hydrogens is 373 g/mol. The SMILES string of the molecule is COC(=O)C(=O)Nc1ccc(-c2ccc(OC(F)(F)F)cc2)c(ON=O)c1. The third-order valence-corrected chi connectivity index (χ3v) is 3.14. The number of hydrogen-bond donors (Lipinski definition) is 1. The van der Waals surface area contributed by atoms with Gasteiger partial charge in [0.2, 0.25) is 0 Å². The van der Waals surface area contributed by atoms with Crippen molar-refractivity contribution in [2.24, 2.45) is 5.34 Å². The minimum atomic E-state index is -4.82. The summed E-state index contributed by atoms with van der Waals surface area (Å²) in [6.45, 7) is 0. The third-order valence-electron chi connectivity index (χ3n) is 3.14. The highest BCUT2D eigenvalue weighted by Crippen LogP contribution is 2.34. The second-order valence-electron chi connectivity index (χ2n) is 4.89. The zero-order chi connectivity index (χ0) is 20.0. The van der Waals surface area contributed by atoms with Crippen molar-refractivity contribution in [3.63, 3.8) is 0 Å². The molecule has 2 rings (SSSR count). The minimum Gasteiger partial charge on any atom is -0.462 e. The van der Waals surface area contributed by atoms with E-state index >= 15 is 0 Å². The molecule has 1 amide bonds. The molecule has 8 nitrogen and oxygen atoms in total. The van der Waals surface area contributed by atoms with Gasteiger partial charge < -0.3 is 19.6 Å². The number of methoxy groups -OCH3 is 1. The van der Waals surface area contributed by atoms with E-state index < -0.39 is 24.0 Å². The second-order valence-corrected chi connectivity index (χ2v) is 4.89. The largest absolute Gasteiger partial charge is 0.573 e. The summed E-state index contributed by atoms with van der Waals surface area (Å²) in [4.78, 5) is 37.7. The lowest BCUT2D eigenvalue weighted by molar-refractivity contribution is -0.274. The van der Waals surface area contributed by atoms with E-state index in [-0.39, 0.29) is 11.4 Å². The molecule has 0 saturated heterocycles. The van der Waals surface area contributed by atoms with Gasteiger partial charge in [-0.15, -0.1) is 18.1 Å². The molecule has 142 valence electrons. The first kappa shape index (κ1) is 19.7. The molecule has 0 aliphatic heterocycles. The summed E-state index contributed by atoms with van der Waals surface area (Å²) in [6, 6.07) is 8.77. The fourth-order valence-electron chi connectivity index (χ4n) is 2.07. The van der Waals surface area contributed by atoms with Gasteiger partial charge in [0.1, 0.15) is 5.75 Å². The van der Waals surface area contributed by atoms with Crippen LogP contribution in [-0.2, 0) is 14.3 Å². The zero-order valence-electron chi connectivity index (χ0n) is 13.6. The monoisotopic (exact) mass is 384 g/mol. The van der Waals surface area contributed by atoms with E-state index in [0.717, 1.165) is 19.2 Å². The lowest BCUT2D eigenvalue weighted by Gasteiger charge is -2.11. The van der Waals surface area contributed by atoms with Gasteiger partial charge in [-0.3, -0.25) is 4.79 Å². The zero-order valence-corrected chi connectivity index (χ0v) is 13.6. The average molecular weight is 384 g/mol. The molecule has 0 bridgehead atoms. The van der Waals surface area contributed by atoms with Crippen LogP contribution in [0.3, 0.4) is 0 Å². The van der Waals surface area contributed by atoms with E-state index in [1.165, 1.54) is 30.3 Å². The Morgan fingerprint density at radius 1 is 1.07 bits per heavy atom. The first-order valence-corrected chi connectivity index (χ1v) is 7.12. The number of carbonyl (C=O) groups is 2. The molecule has 0 saturated carbocycles. The fraction of sp³-hybridized carbons (Fsp3) is 0.125. The van der Waals surface area contributed by atoms with Gasteiger partial charge in [0.05, 0.1) is 7.11 Å². The van der Waals surface area contributed by atoms with Crippen LogP contribution in [0.5, 0.6) is 11.5 Å². The smallest absolute Gasteiger partial charge is 0.462 e. The number of anilines is 1. The van der Waals surface area contributed by atoms with Crippen LogP contribution in [0, 0.1) is 4.91 Å². The number of rotatable bonds is 5. The second kappa shape index (κ2) is 8.17. The highest BCUT2D eigenvalue weighted by molar-refractivity contribution is 6.37. The molecule has 0 atom stereocenters. The van der Waals surface area contributed by atoms with Crippen molar-refractivity contribution in [2.45, 2.75) is 6.36 Å². The van der Waals surface area contributed by atoms with Crippen LogP contribution in [0.2, 0.25) is 0 Å². The van der Waals surface area contributed by atoms with Crippen molar-refractivity contribution in [2.75, 3.05) is 12.4 Å². The summed E-state index contributed by atoms with van der Waals surface area (Å²) < 4.78 is 44.6. The van der Waals surface area contributed by atoms with Gasteiger partial charge in [0, 0.05) is 17.3 Å². The average Bonchev–Trinajstić information content (AvgIpc) is 2.61. The Hall–Kier alpha value is -3.63. The summed E-state index contributed by atoms with van der Waals surface area (Å²) in [5.41, 5.74) is 0.781. The normalized spacial score (nSPS) is 10.7. The fourth-order valence-corrected chi connectivity index (χ4v) is 2.07. The van der Waals surface area contributed by atoms with E-state index in [4.69, 9.17) is 0 Å². The topological polar surface area (TPSA) is 103 Å². The predicted molar refractivity (Wildman–Crippen MR) is 85.6 cm³/mol. The lowest BCUT2D eigenvalue weighted by Crippen LogP contribution is -2.23. The predicted octanol–water partition coefficient (Wildman–Crippen LogP) is 3.42. The number of hydrogen-bond acceptors (Lipinski definition) is 7. The van der Waals surface area contributed by atoms with Crippen molar-refractivity contribution >= 4 is 17.6 Å². The molecule has 27 heavy (non-hydrogen) atoms. The summed E-state index contributed by atoms with van der Waals surface area (Å²) in [5, 5.41) is 4.52. The summed E-state index contributed by atoms with van der Waals surface area (Å²) in [6.07, 6.45) is -4.82. The lowest BCUT2D eigenvalue weighted by atomic mass is 10.0. The third kappa shape index (κ3) is 5.42. The number of alkyl halides is 3. The standard InChI is InChI=1S/C16H11F3N2O6/c1-25-15(23)14(22)20-10-4-7-12(13(8-10)27-21-24)9-2-5-11(6-3-9)26-16(17,18)19/h2-8H,1H3,(H,20,22). The molecule has 11 heteroatoms. The number of amides is 1. The van der Waals surface area contributed by atoms with Gasteiger partial charge in [-0.05, 0) is 29.8 Å². The molecule has 0 heterocycles. The van der Waals surface area contributed by atoms with Crippen LogP contribution >= 0.6 is 0 Å². The molecule has 2 aromatic carbocycles. The highest BCUT2D eigenvalue weighted by atomic mass is 19.4. The Bertz CT molecular complexity index is 852. The van der Waals surface area contributed by atoms with Gasteiger partial charge in [-0.25, -0.2) is 4.79 Å². The molecule has 0 radical (unpaired) electrons. The van der Waals surface area contributed by atoms with Crippen LogP contribution in [0.1, 0.15) is 0 Å². The Kier molecular flexibility index (Phi) is 5.96. The number of carbonyl (C=O) groups excluding carboxylic acids is 2. The van der Waals surface area contributed by atoms with Crippen molar-refractivity contribution in [1.29, 1.82) is 0 Å². The molecule has 0 spiro atoms. The number of benzene rings is 2. The number of nitrogens with zero attached hydrogens (tertiary/aromatic N) is 1. The van der Waals surface area contributed by atoms with E-state index in [1.807, 2.05) is 0 Å². The van der Waals surface area contributed by atoms with Crippen LogP contribution in [0.25, 0.3) is 11.1 Å². The maximum Gasteiger partial charge on any atom is 0.573 e. The Morgan fingerprint density at radius 2 is 1.74 bits per heavy atom. The minimum absolute atomic E-state index is 0.0999. The molecular formula is C16H11F3N2O6. The van der Waals surface area contributed by atoms with Crippen LogP contribution in [0.4, 0.5) is 18.9 Å². The van der Waals surface area contributed by atoms with Gasteiger partial charge in [-0.1, -0.05) is 12.1 Å². The molecule has 1 N–H and O–H groups in total. The van der Waals surface area contributed by atoms with E-state index in [1.54, 1.807) is 0 Å². The van der Waals surface area contributed by atoms with E-state index in [9.17, 15) is 27.7 Å². The molecule has 0 fully saturated rings. The van der Waals surface area contributed by atoms with Gasteiger partial charge in [-0.2, -0.15) is 0 Å². The molecule has 0 aromatic heterocycles. The van der Waals surface area contributed by atoms with Crippen LogP contribution in [-0.4, -0.2) is 25.3 Å². The molecule has 2 aromatic rings. The molecule has 0 aliphatic carbocycles. The van der Waals surface area contributed by atoms with Crippen molar-refractivity contribution in [1.82, 2.24) is 0 Å². The van der Waals surface area contributed by atoms with Crippen molar-refractivity contribution < 1.29 is 37.1 Å². The maximum absolute atomic E-state index is 12.2. The summed E-state index contributed by atoms with van der Waals surface area (Å²) in [5.74, 6) is -2.71. The summed E-state index contributed by atoms with van der Waals surface area (Å²) >= 11 is 0. The number of esters is 1. The Labute approximate surface area is 149 Å². The van der Waals surface area contributed by atoms with Crippen molar-refractivity contribution in [3.05, 3.63) is 47.4 Å². The quantitative estimate of drug-likeness (QED) is 0.367. The molecule has 0 unspecified atom stereocenters. The highest BCUT2D eigenvalue weighted by Gasteiger charge is 2.31. The first-order valence-electron chi connectivity index (χ1n) is 7.12. The Morgan fingerprint density at radius 3 is 2.30 bits per heavy atom. The number of halogens is 3. The first-order chi connectivity index (χ1) is 12.7. The van der Waals surface area contributed by atoms with Crippen LogP contribution < -0.4 is 14.9 Å².